The van der Waals surface area contributed by atoms with Crippen molar-refractivity contribution in [1.29, 1.82) is 0 Å². The molecule has 2 heterocycles. The van der Waals surface area contributed by atoms with Gasteiger partial charge in [-0.15, -0.1) is 0 Å². The van der Waals surface area contributed by atoms with E-state index < -0.39 is 0 Å². The zero-order chi connectivity index (χ0) is 11.6. The molecule has 0 radical (unpaired) electrons. The Bertz CT molecular complexity index is 275. The van der Waals surface area contributed by atoms with Gasteiger partial charge < -0.3 is 10.2 Å². The Morgan fingerprint density at radius 2 is 2.38 bits per heavy atom. The summed E-state index contributed by atoms with van der Waals surface area (Å²) in [4.78, 5) is 7.07. The molecular weight excluding hydrogens is 218 g/mol. The summed E-state index contributed by atoms with van der Waals surface area (Å²) in [5.74, 6) is 1.18. The first-order valence-corrected chi connectivity index (χ1v) is 7.17. The summed E-state index contributed by atoms with van der Waals surface area (Å²) in [6.45, 7) is 7.83. The maximum Gasteiger partial charge on any atom is 0.156 e. The average Bonchev–Trinajstić information content (AvgIpc) is 2.63. The highest BCUT2D eigenvalue weighted by atomic mass is 32.2. The van der Waals surface area contributed by atoms with E-state index in [4.69, 9.17) is 0 Å². The Morgan fingerprint density at radius 1 is 1.56 bits per heavy atom. The van der Waals surface area contributed by atoms with Gasteiger partial charge in [-0.25, -0.2) is 0 Å². The molecule has 92 valence electrons. The Kier molecular flexibility index (Phi) is 3.80. The van der Waals surface area contributed by atoms with Crippen molar-refractivity contribution >= 4 is 16.9 Å². The van der Waals surface area contributed by atoms with E-state index in [1.807, 2.05) is 11.8 Å². The topological polar surface area (TPSA) is 27.6 Å². The summed E-state index contributed by atoms with van der Waals surface area (Å²) < 4.78 is 0. The van der Waals surface area contributed by atoms with Crippen molar-refractivity contribution in [2.75, 3.05) is 32.4 Å². The molecule has 0 bridgehead atoms. The SMILES string of the molecule is CN1CCCC1CNC1=NCC(C)(C)CS1. The number of nitrogens with zero attached hydrogens (tertiary/aromatic N) is 2. The molecule has 3 nitrogen and oxygen atoms in total. The molecule has 1 saturated heterocycles. The summed E-state index contributed by atoms with van der Waals surface area (Å²) >= 11 is 1.88. The van der Waals surface area contributed by atoms with Gasteiger partial charge in [0.05, 0.1) is 0 Å². The van der Waals surface area contributed by atoms with Gasteiger partial charge in [0.2, 0.25) is 0 Å². The van der Waals surface area contributed by atoms with Crippen molar-refractivity contribution < 1.29 is 0 Å². The Hall–Kier alpha value is -0.220. The first kappa shape index (κ1) is 12.2. The van der Waals surface area contributed by atoms with Gasteiger partial charge in [-0.1, -0.05) is 25.6 Å². The molecular formula is C12H23N3S. The lowest BCUT2D eigenvalue weighted by Gasteiger charge is -2.28. The predicted molar refractivity (Wildman–Crippen MR) is 72.2 cm³/mol. The number of likely N-dealkylation sites (N-methyl/N-ethyl adjacent to an activating group) is 1. The second-order valence-corrected chi connectivity index (χ2v) is 6.70. The Balaban J connectivity index is 1.76. The molecule has 0 saturated carbocycles. The molecule has 2 aliphatic heterocycles. The standard InChI is InChI=1S/C12H23N3S/c1-12(2)8-14-11(16-9-12)13-7-10-5-4-6-15(10)3/h10H,4-9H2,1-3H3,(H,13,14). The Labute approximate surface area is 103 Å². The molecule has 0 amide bonds. The minimum absolute atomic E-state index is 0.375. The monoisotopic (exact) mass is 241 g/mol. The van der Waals surface area contributed by atoms with Crippen LogP contribution in [0.25, 0.3) is 0 Å². The highest BCUT2D eigenvalue weighted by molar-refractivity contribution is 8.13. The van der Waals surface area contributed by atoms with Crippen LogP contribution >= 0.6 is 11.8 Å². The fraction of sp³-hybridized carbons (Fsp3) is 0.917. The number of aliphatic imine (C=N–C) groups is 1. The van der Waals surface area contributed by atoms with Crippen molar-refractivity contribution in [3.8, 4) is 0 Å². The maximum atomic E-state index is 4.62. The first-order valence-electron chi connectivity index (χ1n) is 6.18. The molecule has 1 unspecified atom stereocenters. The van der Waals surface area contributed by atoms with E-state index in [0.29, 0.717) is 11.5 Å². The molecule has 1 atom stereocenters. The van der Waals surface area contributed by atoms with Crippen LogP contribution in [0.15, 0.2) is 4.99 Å². The molecule has 2 rings (SSSR count). The normalized spacial score (nSPS) is 30.2. The van der Waals surface area contributed by atoms with Gasteiger partial charge in [0, 0.05) is 24.9 Å². The molecule has 0 aromatic heterocycles. The van der Waals surface area contributed by atoms with Crippen molar-refractivity contribution in [2.24, 2.45) is 10.4 Å². The maximum absolute atomic E-state index is 4.62. The zero-order valence-electron chi connectivity index (χ0n) is 10.6. The molecule has 0 spiro atoms. The number of hydrogen-bond acceptors (Lipinski definition) is 4. The van der Waals surface area contributed by atoms with Crippen LogP contribution in [-0.2, 0) is 0 Å². The van der Waals surface area contributed by atoms with Crippen molar-refractivity contribution in [3.63, 3.8) is 0 Å². The predicted octanol–water partition coefficient (Wildman–Crippen LogP) is 1.80. The van der Waals surface area contributed by atoms with Crippen LogP contribution in [0.4, 0.5) is 0 Å². The molecule has 2 aliphatic rings. The van der Waals surface area contributed by atoms with E-state index in [2.05, 4.69) is 36.1 Å². The van der Waals surface area contributed by atoms with Crippen molar-refractivity contribution in [1.82, 2.24) is 10.2 Å². The van der Waals surface area contributed by atoms with Gasteiger partial charge in [0.1, 0.15) is 0 Å². The number of amidine groups is 1. The van der Waals surface area contributed by atoms with Gasteiger partial charge >= 0.3 is 0 Å². The fourth-order valence-corrected chi connectivity index (χ4v) is 3.15. The number of likely N-dealkylation sites (tertiary alicyclic amines) is 1. The van der Waals surface area contributed by atoms with Gasteiger partial charge in [0.15, 0.2) is 5.17 Å². The van der Waals surface area contributed by atoms with Crippen LogP contribution in [0.1, 0.15) is 26.7 Å². The van der Waals surface area contributed by atoms with Gasteiger partial charge in [-0.3, -0.25) is 4.99 Å². The first-order chi connectivity index (χ1) is 7.57. The number of rotatable bonds is 2. The van der Waals surface area contributed by atoms with Crippen LogP contribution < -0.4 is 5.32 Å². The van der Waals surface area contributed by atoms with Gasteiger partial charge in [-0.05, 0) is 31.8 Å². The van der Waals surface area contributed by atoms with Crippen LogP contribution in [0.3, 0.4) is 0 Å². The molecule has 16 heavy (non-hydrogen) atoms. The van der Waals surface area contributed by atoms with E-state index in [1.54, 1.807) is 0 Å². The third kappa shape index (κ3) is 3.14. The summed E-state index contributed by atoms with van der Waals surface area (Å²) in [5, 5.41) is 4.66. The summed E-state index contributed by atoms with van der Waals surface area (Å²) in [6.07, 6.45) is 2.67. The van der Waals surface area contributed by atoms with E-state index in [9.17, 15) is 0 Å². The molecule has 0 aromatic carbocycles. The van der Waals surface area contributed by atoms with E-state index in [1.165, 1.54) is 25.1 Å². The van der Waals surface area contributed by atoms with Gasteiger partial charge in [0.25, 0.3) is 0 Å². The van der Waals surface area contributed by atoms with Crippen LogP contribution in [0, 0.1) is 5.41 Å². The fourth-order valence-electron chi connectivity index (χ4n) is 2.19. The molecule has 0 aromatic rings. The second-order valence-electron chi connectivity index (χ2n) is 5.73. The highest BCUT2D eigenvalue weighted by Crippen LogP contribution is 2.27. The Morgan fingerprint density at radius 3 is 2.94 bits per heavy atom. The lowest BCUT2D eigenvalue weighted by molar-refractivity contribution is 0.310. The number of thioether (sulfide) groups is 1. The van der Waals surface area contributed by atoms with Crippen LogP contribution in [0.5, 0.6) is 0 Å². The smallest absolute Gasteiger partial charge is 0.156 e. The lowest BCUT2D eigenvalue weighted by Crippen LogP contribution is -2.39. The number of hydrogen-bond donors (Lipinski definition) is 1. The largest absolute Gasteiger partial charge is 0.363 e. The number of nitrogens with one attached hydrogen (secondary N) is 1. The average molecular weight is 241 g/mol. The minimum atomic E-state index is 0.375. The van der Waals surface area contributed by atoms with E-state index >= 15 is 0 Å². The second kappa shape index (κ2) is 4.96. The van der Waals surface area contributed by atoms with E-state index in [0.717, 1.165) is 18.3 Å². The van der Waals surface area contributed by atoms with Crippen molar-refractivity contribution in [2.45, 2.75) is 32.7 Å². The van der Waals surface area contributed by atoms with Gasteiger partial charge in [-0.2, -0.15) is 0 Å². The zero-order valence-corrected chi connectivity index (χ0v) is 11.4. The third-order valence-corrected chi connectivity index (χ3v) is 4.88. The summed E-state index contributed by atoms with van der Waals surface area (Å²) in [6, 6.07) is 0.707. The van der Waals surface area contributed by atoms with Crippen LogP contribution in [-0.4, -0.2) is 48.5 Å². The minimum Gasteiger partial charge on any atom is -0.363 e. The highest BCUT2D eigenvalue weighted by Gasteiger charge is 2.25. The van der Waals surface area contributed by atoms with Crippen molar-refractivity contribution in [3.05, 3.63) is 0 Å². The molecule has 1 N–H and O–H groups in total. The van der Waals surface area contributed by atoms with Crippen LogP contribution in [0.2, 0.25) is 0 Å². The molecule has 0 aliphatic carbocycles. The lowest BCUT2D eigenvalue weighted by atomic mass is 9.97. The molecule has 1 fully saturated rings. The molecule has 4 heteroatoms. The third-order valence-electron chi connectivity index (χ3n) is 3.41. The summed E-state index contributed by atoms with van der Waals surface area (Å²) in [5.41, 5.74) is 0.375. The van der Waals surface area contributed by atoms with E-state index in [-0.39, 0.29) is 0 Å². The quantitative estimate of drug-likeness (QED) is 0.799. The summed E-state index contributed by atoms with van der Waals surface area (Å²) in [7, 11) is 2.22.